The van der Waals surface area contributed by atoms with E-state index in [0.29, 0.717) is 16.3 Å². The molecule has 2 amide bonds. The second-order valence-corrected chi connectivity index (χ2v) is 11.6. The number of aryl methyl sites for hydroxylation is 1. The van der Waals surface area contributed by atoms with E-state index in [9.17, 15) is 18.0 Å². The Balaban J connectivity index is 2.41. The van der Waals surface area contributed by atoms with Crippen LogP contribution in [-0.2, 0) is 26.2 Å². The van der Waals surface area contributed by atoms with Gasteiger partial charge in [-0.3, -0.25) is 13.9 Å². The van der Waals surface area contributed by atoms with Gasteiger partial charge in [0.2, 0.25) is 21.8 Å². The lowest BCUT2D eigenvalue weighted by Gasteiger charge is -2.32. The molecule has 2 rings (SSSR count). The van der Waals surface area contributed by atoms with E-state index in [2.05, 4.69) is 21.2 Å². The summed E-state index contributed by atoms with van der Waals surface area (Å²) in [5.74, 6) is -0.789. The van der Waals surface area contributed by atoms with E-state index in [1.54, 1.807) is 32.0 Å². The van der Waals surface area contributed by atoms with Gasteiger partial charge < -0.3 is 10.2 Å². The summed E-state index contributed by atoms with van der Waals surface area (Å²) in [5, 5.41) is 3.37. The third-order valence-corrected chi connectivity index (χ3v) is 7.43. The highest BCUT2D eigenvalue weighted by Gasteiger charge is 2.30. The van der Waals surface area contributed by atoms with E-state index in [1.807, 2.05) is 38.1 Å². The Morgan fingerprint density at radius 3 is 2.26 bits per heavy atom. The summed E-state index contributed by atoms with van der Waals surface area (Å²) in [4.78, 5) is 27.8. The molecule has 0 fully saturated rings. The third kappa shape index (κ3) is 7.71. The van der Waals surface area contributed by atoms with Crippen molar-refractivity contribution in [2.45, 2.75) is 52.7 Å². The molecule has 0 spiro atoms. The molecule has 2 aromatic rings. The van der Waals surface area contributed by atoms with Gasteiger partial charge in [-0.05, 0) is 68.7 Å². The number of carbonyl (C=O) groups is 2. The third-order valence-electron chi connectivity index (χ3n) is 5.54. The van der Waals surface area contributed by atoms with Crippen LogP contribution in [-0.4, -0.2) is 50.0 Å². The standard InChI is InChI=1S/C24H31BrClN3O4S/c1-6-17(3)27-24(31)18(4)28(14-19-7-9-20(25)10-8-19)23(30)15-29(34(5,32)33)22-12-11-21(26)13-16(22)2/h7-13,17-18H,6,14-15H2,1-5H3,(H,27,31)/t17-,18+/m1/s1. The van der Waals surface area contributed by atoms with Crippen LogP contribution in [0, 0.1) is 6.92 Å². The van der Waals surface area contributed by atoms with Crippen LogP contribution in [0.2, 0.25) is 5.02 Å². The molecule has 1 N–H and O–H groups in total. The van der Waals surface area contributed by atoms with Crippen molar-refractivity contribution >= 4 is 55.1 Å². The molecule has 0 radical (unpaired) electrons. The fourth-order valence-electron chi connectivity index (χ4n) is 3.33. The predicted molar refractivity (Wildman–Crippen MR) is 140 cm³/mol. The lowest BCUT2D eigenvalue weighted by Crippen LogP contribution is -2.52. The van der Waals surface area contributed by atoms with Crippen LogP contribution in [0.5, 0.6) is 0 Å². The predicted octanol–water partition coefficient (Wildman–Crippen LogP) is 4.51. The maximum absolute atomic E-state index is 13.5. The van der Waals surface area contributed by atoms with Crippen molar-refractivity contribution in [2.75, 3.05) is 17.1 Å². The molecule has 0 aromatic heterocycles. The second kappa shape index (κ2) is 12.0. The smallest absolute Gasteiger partial charge is 0.244 e. The summed E-state index contributed by atoms with van der Waals surface area (Å²) in [6.45, 7) is 6.93. The molecule has 2 atom stereocenters. The number of anilines is 1. The molecular weight excluding hydrogens is 542 g/mol. The minimum absolute atomic E-state index is 0.0520. The maximum Gasteiger partial charge on any atom is 0.244 e. The first kappa shape index (κ1) is 28.1. The summed E-state index contributed by atoms with van der Waals surface area (Å²) in [7, 11) is -3.79. The quantitative estimate of drug-likeness (QED) is 0.454. The van der Waals surface area contributed by atoms with Gasteiger partial charge in [-0.1, -0.05) is 46.6 Å². The Bertz CT molecular complexity index is 1130. The number of hydrogen-bond donors (Lipinski definition) is 1. The average Bonchev–Trinajstić information content (AvgIpc) is 2.76. The normalized spacial score (nSPS) is 13.1. The molecule has 0 bridgehead atoms. The van der Waals surface area contributed by atoms with Crippen molar-refractivity contribution in [3.63, 3.8) is 0 Å². The Morgan fingerprint density at radius 1 is 1.12 bits per heavy atom. The monoisotopic (exact) mass is 571 g/mol. The molecule has 2 aromatic carbocycles. The molecule has 0 unspecified atom stereocenters. The number of halogens is 2. The van der Waals surface area contributed by atoms with Gasteiger partial charge in [0.1, 0.15) is 12.6 Å². The van der Waals surface area contributed by atoms with E-state index in [0.717, 1.165) is 27.0 Å². The summed E-state index contributed by atoms with van der Waals surface area (Å²) in [6, 6.07) is 11.3. The van der Waals surface area contributed by atoms with Gasteiger partial charge in [-0.2, -0.15) is 0 Å². The Labute approximate surface area is 215 Å². The molecule has 0 saturated heterocycles. The van der Waals surface area contributed by atoms with Crippen LogP contribution >= 0.6 is 27.5 Å². The number of carbonyl (C=O) groups excluding carboxylic acids is 2. The molecule has 0 aliphatic rings. The maximum atomic E-state index is 13.5. The van der Waals surface area contributed by atoms with Crippen LogP contribution in [0.4, 0.5) is 5.69 Å². The topological polar surface area (TPSA) is 86.8 Å². The summed E-state index contributed by atoms with van der Waals surface area (Å²) in [5.41, 5.74) is 1.79. The van der Waals surface area contributed by atoms with Crippen LogP contribution in [0.3, 0.4) is 0 Å². The Morgan fingerprint density at radius 2 is 1.74 bits per heavy atom. The number of rotatable bonds is 10. The summed E-state index contributed by atoms with van der Waals surface area (Å²) >= 11 is 9.42. The lowest BCUT2D eigenvalue weighted by atomic mass is 10.1. The van der Waals surface area contributed by atoms with Crippen molar-refractivity contribution in [3.8, 4) is 0 Å². The van der Waals surface area contributed by atoms with Crippen molar-refractivity contribution in [3.05, 3.63) is 63.1 Å². The van der Waals surface area contributed by atoms with E-state index < -0.39 is 28.5 Å². The van der Waals surface area contributed by atoms with Gasteiger partial charge in [-0.15, -0.1) is 0 Å². The van der Waals surface area contributed by atoms with E-state index in [1.165, 1.54) is 4.90 Å². The fraction of sp³-hybridized carbons (Fsp3) is 0.417. The highest BCUT2D eigenvalue weighted by molar-refractivity contribution is 9.10. The van der Waals surface area contributed by atoms with Crippen LogP contribution in [0.25, 0.3) is 0 Å². The molecular formula is C24H31BrClN3O4S. The highest BCUT2D eigenvalue weighted by atomic mass is 79.9. The van der Waals surface area contributed by atoms with Crippen molar-refractivity contribution in [1.82, 2.24) is 10.2 Å². The number of sulfonamides is 1. The molecule has 34 heavy (non-hydrogen) atoms. The molecule has 186 valence electrons. The minimum Gasteiger partial charge on any atom is -0.352 e. The van der Waals surface area contributed by atoms with Crippen LogP contribution in [0.1, 0.15) is 38.3 Å². The number of nitrogens with one attached hydrogen (secondary N) is 1. The van der Waals surface area contributed by atoms with E-state index >= 15 is 0 Å². The second-order valence-electron chi connectivity index (χ2n) is 8.34. The first-order valence-electron chi connectivity index (χ1n) is 10.9. The Kier molecular flexibility index (Phi) is 9.96. The van der Waals surface area contributed by atoms with E-state index in [-0.39, 0.29) is 18.5 Å². The molecule has 0 aliphatic carbocycles. The molecule has 0 aliphatic heterocycles. The molecule has 0 heterocycles. The molecule has 10 heteroatoms. The van der Waals surface area contributed by atoms with Crippen molar-refractivity contribution < 1.29 is 18.0 Å². The number of hydrogen-bond acceptors (Lipinski definition) is 4. The van der Waals surface area contributed by atoms with Gasteiger partial charge in [0.15, 0.2) is 0 Å². The van der Waals surface area contributed by atoms with Gasteiger partial charge in [-0.25, -0.2) is 8.42 Å². The SMILES string of the molecule is CC[C@@H](C)NC(=O)[C@H](C)N(Cc1ccc(Br)cc1)C(=O)CN(c1ccc(Cl)cc1C)S(C)(=O)=O. The van der Waals surface area contributed by atoms with E-state index in [4.69, 9.17) is 11.6 Å². The first-order valence-corrected chi connectivity index (χ1v) is 13.9. The fourth-order valence-corrected chi connectivity index (χ4v) is 4.73. The zero-order valence-electron chi connectivity index (χ0n) is 20.0. The number of nitrogens with zero attached hydrogens (tertiary/aromatic N) is 2. The van der Waals surface area contributed by atoms with Gasteiger partial charge in [0.25, 0.3) is 0 Å². The van der Waals surface area contributed by atoms with Gasteiger partial charge >= 0.3 is 0 Å². The minimum atomic E-state index is -3.79. The number of amides is 2. The first-order chi connectivity index (χ1) is 15.8. The van der Waals surface area contributed by atoms with Crippen LogP contribution in [0.15, 0.2) is 46.9 Å². The number of benzene rings is 2. The largest absolute Gasteiger partial charge is 0.352 e. The summed E-state index contributed by atoms with van der Waals surface area (Å²) < 4.78 is 27.2. The zero-order valence-corrected chi connectivity index (χ0v) is 23.2. The highest BCUT2D eigenvalue weighted by Crippen LogP contribution is 2.26. The van der Waals surface area contributed by atoms with Gasteiger partial charge in [0.05, 0.1) is 11.9 Å². The van der Waals surface area contributed by atoms with Crippen LogP contribution < -0.4 is 9.62 Å². The molecule has 0 saturated carbocycles. The average molecular weight is 573 g/mol. The summed E-state index contributed by atoms with van der Waals surface area (Å²) in [6.07, 6.45) is 1.79. The lowest BCUT2D eigenvalue weighted by molar-refractivity contribution is -0.139. The Hall–Kier alpha value is -2.10. The van der Waals surface area contributed by atoms with Gasteiger partial charge in [0, 0.05) is 22.1 Å². The molecule has 7 nitrogen and oxygen atoms in total. The zero-order chi connectivity index (χ0) is 25.6. The van der Waals surface area contributed by atoms with Crippen molar-refractivity contribution in [1.29, 1.82) is 0 Å². The van der Waals surface area contributed by atoms with Crippen molar-refractivity contribution in [2.24, 2.45) is 0 Å².